The highest BCUT2D eigenvalue weighted by Gasteiger charge is 2.31. The summed E-state index contributed by atoms with van der Waals surface area (Å²) in [6.45, 7) is 5.44. The quantitative estimate of drug-likeness (QED) is 0.321. The number of rotatable bonds is 5. The van der Waals surface area contributed by atoms with Crippen LogP contribution in [-0.4, -0.2) is 40.0 Å². The third-order valence-corrected chi connectivity index (χ3v) is 7.12. The van der Waals surface area contributed by atoms with E-state index >= 15 is 0 Å². The third kappa shape index (κ3) is 3.67. The van der Waals surface area contributed by atoms with Gasteiger partial charge in [0.1, 0.15) is 11.4 Å². The van der Waals surface area contributed by atoms with E-state index in [0.717, 1.165) is 70.7 Å². The van der Waals surface area contributed by atoms with Crippen molar-refractivity contribution in [3.8, 4) is 17.0 Å². The lowest BCUT2D eigenvalue weighted by Gasteiger charge is -2.32. The standard InChI is InChI=1S/C28H28N4O3/c1-17-25(18(2)35-31-17)21-15-23-26(29-16-21)22-9-10-24(33-3)30-28(22)32(23)27(19-7-5-4-6-8-19)20-11-13-34-14-12-20/h4-10,15-16,20,27H,11-14H2,1-3H3. The van der Waals surface area contributed by atoms with E-state index in [4.69, 9.17) is 24.0 Å². The molecule has 0 radical (unpaired) electrons. The molecule has 35 heavy (non-hydrogen) atoms. The van der Waals surface area contributed by atoms with Crippen LogP contribution >= 0.6 is 0 Å². The van der Waals surface area contributed by atoms with Gasteiger partial charge in [-0.25, -0.2) is 0 Å². The van der Waals surface area contributed by atoms with E-state index in [-0.39, 0.29) is 6.04 Å². The number of hydrogen-bond donors (Lipinski definition) is 0. The Morgan fingerprint density at radius 2 is 1.86 bits per heavy atom. The molecule has 1 aliphatic heterocycles. The number of benzene rings is 1. The number of methoxy groups -OCH3 is 1. The molecule has 1 aliphatic rings. The van der Waals surface area contributed by atoms with Crippen molar-refractivity contribution in [2.24, 2.45) is 5.92 Å². The molecule has 0 spiro atoms. The summed E-state index contributed by atoms with van der Waals surface area (Å²) in [4.78, 5) is 9.89. The third-order valence-electron chi connectivity index (χ3n) is 7.12. The predicted octanol–water partition coefficient (Wildman–Crippen LogP) is 5.88. The molecule has 0 bridgehead atoms. The SMILES string of the molecule is COc1ccc2c3ncc(-c4c(C)noc4C)cc3n(C(c3ccccc3)C3CCOCC3)c2n1. The van der Waals surface area contributed by atoms with Crippen LogP contribution in [0.25, 0.3) is 33.2 Å². The van der Waals surface area contributed by atoms with E-state index in [2.05, 4.69) is 52.2 Å². The summed E-state index contributed by atoms with van der Waals surface area (Å²) < 4.78 is 19.1. The van der Waals surface area contributed by atoms with Crippen molar-refractivity contribution in [2.45, 2.75) is 32.7 Å². The van der Waals surface area contributed by atoms with Gasteiger partial charge in [-0.3, -0.25) is 4.98 Å². The number of pyridine rings is 2. The molecule has 4 aromatic heterocycles. The summed E-state index contributed by atoms with van der Waals surface area (Å²) >= 11 is 0. The second kappa shape index (κ2) is 8.82. The van der Waals surface area contributed by atoms with Crippen LogP contribution in [-0.2, 0) is 4.74 Å². The molecule has 7 heteroatoms. The van der Waals surface area contributed by atoms with Crippen molar-refractivity contribution in [1.82, 2.24) is 19.7 Å². The average Bonchev–Trinajstić information content (AvgIpc) is 3.41. The van der Waals surface area contributed by atoms with Crippen LogP contribution in [0.2, 0.25) is 0 Å². The topological polar surface area (TPSA) is 75.2 Å². The first-order valence-corrected chi connectivity index (χ1v) is 12.1. The Morgan fingerprint density at radius 1 is 1.06 bits per heavy atom. The molecular formula is C28H28N4O3. The van der Waals surface area contributed by atoms with Crippen LogP contribution in [0, 0.1) is 19.8 Å². The minimum Gasteiger partial charge on any atom is -0.481 e. The van der Waals surface area contributed by atoms with Crippen molar-refractivity contribution in [3.63, 3.8) is 0 Å². The van der Waals surface area contributed by atoms with Gasteiger partial charge in [0.25, 0.3) is 0 Å². The molecule has 1 unspecified atom stereocenters. The molecule has 0 aliphatic carbocycles. The summed E-state index contributed by atoms with van der Waals surface area (Å²) in [6.07, 6.45) is 3.89. The smallest absolute Gasteiger partial charge is 0.214 e. The normalized spacial score (nSPS) is 15.6. The van der Waals surface area contributed by atoms with E-state index in [1.807, 2.05) is 26.1 Å². The molecule has 6 rings (SSSR count). The maximum absolute atomic E-state index is 5.73. The summed E-state index contributed by atoms with van der Waals surface area (Å²) in [5.41, 5.74) is 6.94. The second-order valence-electron chi connectivity index (χ2n) is 9.19. The van der Waals surface area contributed by atoms with Crippen LogP contribution in [0.5, 0.6) is 5.88 Å². The minimum absolute atomic E-state index is 0.0847. The highest BCUT2D eigenvalue weighted by atomic mass is 16.5. The van der Waals surface area contributed by atoms with E-state index in [1.165, 1.54) is 5.56 Å². The first-order chi connectivity index (χ1) is 17.2. The number of nitrogens with zero attached hydrogens (tertiary/aromatic N) is 4. The van der Waals surface area contributed by atoms with Crippen LogP contribution < -0.4 is 4.74 Å². The first-order valence-electron chi connectivity index (χ1n) is 12.1. The lowest BCUT2D eigenvalue weighted by atomic mass is 9.86. The van der Waals surface area contributed by atoms with Crippen molar-refractivity contribution >= 4 is 22.1 Å². The summed E-state index contributed by atoms with van der Waals surface area (Å²) in [5.74, 6) is 1.78. The zero-order valence-corrected chi connectivity index (χ0v) is 20.2. The van der Waals surface area contributed by atoms with Gasteiger partial charge in [0, 0.05) is 42.0 Å². The van der Waals surface area contributed by atoms with Crippen molar-refractivity contribution in [3.05, 3.63) is 71.7 Å². The van der Waals surface area contributed by atoms with Gasteiger partial charge >= 0.3 is 0 Å². The molecule has 178 valence electrons. The van der Waals surface area contributed by atoms with E-state index in [9.17, 15) is 0 Å². The molecule has 0 amide bonds. The van der Waals surface area contributed by atoms with Crippen molar-refractivity contribution in [1.29, 1.82) is 0 Å². The Kier molecular flexibility index (Phi) is 5.49. The van der Waals surface area contributed by atoms with Gasteiger partial charge in [0.2, 0.25) is 5.88 Å². The number of aromatic nitrogens is 4. The Labute approximate surface area is 203 Å². The van der Waals surface area contributed by atoms with Crippen LogP contribution in [0.4, 0.5) is 0 Å². The van der Waals surface area contributed by atoms with Gasteiger partial charge in [0.05, 0.1) is 29.9 Å². The summed E-state index contributed by atoms with van der Waals surface area (Å²) in [6, 6.07) is 17.0. The number of hydrogen-bond acceptors (Lipinski definition) is 6. The summed E-state index contributed by atoms with van der Waals surface area (Å²) in [7, 11) is 1.65. The van der Waals surface area contributed by atoms with E-state index in [0.29, 0.717) is 11.8 Å². The number of fused-ring (bicyclic) bond motifs is 3. The lowest BCUT2D eigenvalue weighted by molar-refractivity contribution is 0.0552. The number of ether oxygens (including phenoxy) is 2. The molecule has 7 nitrogen and oxygen atoms in total. The molecule has 1 aromatic carbocycles. The highest BCUT2D eigenvalue weighted by molar-refractivity contribution is 6.05. The molecule has 1 fully saturated rings. The van der Waals surface area contributed by atoms with Crippen LogP contribution in [0.15, 0.2) is 59.3 Å². The first kappa shape index (κ1) is 21.8. The van der Waals surface area contributed by atoms with Crippen LogP contribution in [0.3, 0.4) is 0 Å². The zero-order valence-electron chi connectivity index (χ0n) is 20.2. The van der Waals surface area contributed by atoms with Gasteiger partial charge < -0.3 is 18.6 Å². The Hall–Kier alpha value is -3.71. The van der Waals surface area contributed by atoms with E-state index in [1.54, 1.807) is 7.11 Å². The van der Waals surface area contributed by atoms with Gasteiger partial charge in [-0.05, 0) is 50.3 Å². The molecule has 5 aromatic rings. The van der Waals surface area contributed by atoms with Crippen molar-refractivity contribution < 1.29 is 14.0 Å². The maximum Gasteiger partial charge on any atom is 0.214 e. The van der Waals surface area contributed by atoms with Gasteiger partial charge in [-0.15, -0.1) is 0 Å². The molecule has 1 atom stereocenters. The second-order valence-corrected chi connectivity index (χ2v) is 9.19. The molecule has 0 saturated carbocycles. The largest absolute Gasteiger partial charge is 0.481 e. The molecule has 1 saturated heterocycles. The minimum atomic E-state index is 0.0847. The summed E-state index contributed by atoms with van der Waals surface area (Å²) in [5, 5.41) is 5.18. The van der Waals surface area contributed by atoms with Gasteiger partial charge in [-0.1, -0.05) is 35.5 Å². The Balaban J connectivity index is 1.68. The Morgan fingerprint density at radius 3 is 2.57 bits per heavy atom. The molecule has 5 heterocycles. The maximum atomic E-state index is 5.73. The monoisotopic (exact) mass is 468 g/mol. The fourth-order valence-corrected chi connectivity index (χ4v) is 5.50. The Bertz CT molecular complexity index is 1480. The average molecular weight is 469 g/mol. The van der Waals surface area contributed by atoms with E-state index < -0.39 is 0 Å². The predicted molar refractivity (Wildman–Crippen MR) is 135 cm³/mol. The van der Waals surface area contributed by atoms with Crippen molar-refractivity contribution in [2.75, 3.05) is 20.3 Å². The van der Waals surface area contributed by atoms with Crippen LogP contribution in [0.1, 0.15) is 35.9 Å². The van der Waals surface area contributed by atoms with Gasteiger partial charge in [-0.2, -0.15) is 4.98 Å². The molecular weight excluding hydrogens is 440 g/mol. The molecule has 0 N–H and O–H groups in total. The number of aryl methyl sites for hydroxylation is 2. The fourth-order valence-electron chi connectivity index (χ4n) is 5.50. The zero-order chi connectivity index (χ0) is 23.9. The van der Waals surface area contributed by atoms with Gasteiger partial charge in [0.15, 0.2) is 0 Å². The highest BCUT2D eigenvalue weighted by Crippen LogP contribution is 2.41. The lowest BCUT2D eigenvalue weighted by Crippen LogP contribution is -2.27. The fraction of sp³-hybridized carbons (Fsp3) is 0.321.